The van der Waals surface area contributed by atoms with Crippen LogP contribution in [0.2, 0.25) is 0 Å². The lowest BCUT2D eigenvalue weighted by Crippen LogP contribution is -2.41. The van der Waals surface area contributed by atoms with Gasteiger partial charge in [0.25, 0.3) is 0 Å². The molecule has 0 unspecified atom stereocenters. The van der Waals surface area contributed by atoms with Crippen LogP contribution in [-0.2, 0) is 4.74 Å². The van der Waals surface area contributed by atoms with Crippen molar-refractivity contribution in [2.75, 3.05) is 6.54 Å². The molecule has 1 amide bonds. The van der Waals surface area contributed by atoms with Gasteiger partial charge >= 0.3 is 6.09 Å². The number of ether oxygens (including phenoxy) is 1. The lowest BCUT2D eigenvalue weighted by atomic mass is 9.85. The van der Waals surface area contributed by atoms with E-state index in [-0.39, 0.29) is 36.5 Å². The zero-order valence-electron chi connectivity index (χ0n) is 11.3. The summed E-state index contributed by atoms with van der Waals surface area (Å²) in [5.41, 5.74) is 6.42. The van der Waals surface area contributed by atoms with E-state index >= 15 is 0 Å². The Morgan fingerprint density at radius 2 is 2.11 bits per heavy atom. The molecule has 2 N–H and O–H groups in total. The number of amides is 1. The summed E-state index contributed by atoms with van der Waals surface area (Å²) in [6.07, 6.45) is 1.80. The highest BCUT2D eigenvalue weighted by Gasteiger charge is 2.51. The first-order chi connectivity index (χ1) is 7.85. The standard InChI is InChI=1S/C13H22N2O2.ClH/c1-8-9(7-14)11-6-5-10(8)15(11)12(16)17-13(2,3)4;/h9-11H,1,5-7,14H2,2-4H3;1H/t9-,10+,11-;/m0./s1. The maximum absolute atomic E-state index is 12.2. The van der Waals surface area contributed by atoms with Crippen molar-refractivity contribution in [3.63, 3.8) is 0 Å². The molecule has 0 aromatic heterocycles. The number of fused-ring (bicyclic) bond motifs is 2. The average molecular weight is 275 g/mol. The summed E-state index contributed by atoms with van der Waals surface area (Å²) in [6, 6.07) is 0.343. The Hall–Kier alpha value is -0.740. The van der Waals surface area contributed by atoms with E-state index in [1.165, 1.54) is 0 Å². The van der Waals surface area contributed by atoms with Crippen LogP contribution in [0.25, 0.3) is 0 Å². The van der Waals surface area contributed by atoms with Gasteiger partial charge in [0.15, 0.2) is 0 Å². The highest BCUT2D eigenvalue weighted by molar-refractivity contribution is 5.85. The summed E-state index contributed by atoms with van der Waals surface area (Å²) >= 11 is 0. The molecule has 18 heavy (non-hydrogen) atoms. The molecule has 4 nitrogen and oxygen atoms in total. The minimum absolute atomic E-state index is 0. The van der Waals surface area contributed by atoms with Gasteiger partial charge in [-0.2, -0.15) is 0 Å². The van der Waals surface area contributed by atoms with E-state index in [0.29, 0.717) is 6.54 Å². The molecule has 0 aliphatic carbocycles. The number of carbonyl (C=O) groups is 1. The van der Waals surface area contributed by atoms with Crippen LogP contribution in [0.15, 0.2) is 12.2 Å². The van der Waals surface area contributed by atoms with E-state index in [4.69, 9.17) is 10.5 Å². The fourth-order valence-electron chi connectivity index (χ4n) is 2.98. The second kappa shape index (κ2) is 5.10. The van der Waals surface area contributed by atoms with Crippen LogP contribution in [0.3, 0.4) is 0 Å². The zero-order valence-corrected chi connectivity index (χ0v) is 12.1. The van der Waals surface area contributed by atoms with Crippen LogP contribution >= 0.6 is 12.4 Å². The summed E-state index contributed by atoms with van der Waals surface area (Å²) < 4.78 is 5.45. The lowest BCUT2D eigenvalue weighted by molar-refractivity contribution is 0.0210. The molecule has 2 bridgehead atoms. The highest BCUT2D eigenvalue weighted by Crippen LogP contribution is 2.44. The molecule has 2 heterocycles. The quantitative estimate of drug-likeness (QED) is 0.747. The summed E-state index contributed by atoms with van der Waals surface area (Å²) in [4.78, 5) is 14.0. The Balaban J connectivity index is 0.00000162. The van der Waals surface area contributed by atoms with Gasteiger partial charge in [-0.15, -0.1) is 12.4 Å². The Morgan fingerprint density at radius 1 is 1.50 bits per heavy atom. The van der Waals surface area contributed by atoms with Gasteiger partial charge in [-0.3, -0.25) is 4.90 Å². The fourth-order valence-corrected chi connectivity index (χ4v) is 2.98. The van der Waals surface area contributed by atoms with Crippen LogP contribution in [0.1, 0.15) is 33.6 Å². The van der Waals surface area contributed by atoms with Crippen molar-refractivity contribution in [2.24, 2.45) is 11.7 Å². The summed E-state index contributed by atoms with van der Waals surface area (Å²) in [7, 11) is 0. The van der Waals surface area contributed by atoms with Crippen LogP contribution in [0.4, 0.5) is 4.79 Å². The monoisotopic (exact) mass is 274 g/mol. The van der Waals surface area contributed by atoms with Crippen molar-refractivity contribution < 1.29 is 9.53 Å². The number of hydrogen-bond acceptors (Lipinski definition) is 3. The third kappa shape index (κ3) is 2.50. The van der Waals surface area contributed by atoms with Crippen LogP contribution < -0.4 is 5.73 Å². The van der Waals surface area contributed by atoms with Crippen molar-refractivity contribution in [1.29, 1.82) is 0 Å². The number of nitrogens with zero attached hydrogens (tertiary/aromatic N) is 1. The van der Waals surface area contributed by atoms with E-state index in [1.54, 1.807) is 0 Å². The number of rotatable bonds is 1. The van der Waals surface area contributed by atoms with Gasteiger partial charge in [0.05, 0.1) is 6.04 Å². The molecule has 5 heteroatoms. The van der Waals surface area contributed by atoms with Crippen molar-refractivity contribution in [3.8, 4) is 0 Å². The smallest absolute Gasteiger partial charge is 0.411 e. The number of carbonyl (C=O) groups excluding carboxylic acids is 1. The highest BCUT2D eigenvalue weighted by atomic mass is 35.5. The number of halogens is 1. The average Bonchev–Trinajstić information content (AvgIpc) is 2.70. The molecule has 3 atom stereocenters. The van der Waals surface area contributed by atoms with Crippen LogP contribution in [0.5, 0.6) is 0 Å². The second-order valence-corrected chi connectivity index (χ2v) is 5.97. The van der Waals surface area contributed by atoms with Crippen molar-refractivity contribution in [3.05, 3.63) is 12.2 Å². The normalized spacial score (nSPS) is 30.3. The molecule has 2 aliphatic rings. The predicted molar refractivity (Wildman–Crippen MR) is 73.8 cm³/mol. The van der Waals surface area contributed by atoms with Crippen molar-refractivity contribution >= 4 is 18.5 Å². The first kappa shape index (κ1) is 15.3. The molecular formula is C13H23ClN2O2. The molecule has 0 spiro atoms. The molecule has 2 saturated heterocycles. The SMILES string of the molecule is C=C1[C@H]2CC[C@@H]([C@H]1CN)N2C(=O)OC(C)(C)C.Cl. The third-order valence-corrected chi connectivity index (χ3v) is 3.66. The van der Waals surface area contributed by atoms with E-state index < -0.39 is 5.60 Å². The van der Waals surface area contributed by atoms with Crippen molar-refractivity contribution in [1.82, 2.24) is 4.90 Å². The molecule has 2 fully saturated rings. The van der Waals surface area contributed by atoms with Gasteiger partial charge < -0.3 is 10.5 Å². The maximum Gasteiger partial charge on any atom is 0.411 e. The third-order valence-electron chi connectivity index (χ3n) is 3.66. The molecule has 0 radical (unpaired) electrons. The van der Waals surface area contributed by atoms with Gasteiger partial charge in [0.2, 0.25) is 0 Å². The molecule has 0 saturated carbocycles. The summed E-state index contributed by atoms with van der Waals surface area (Å²) in [5, 5.41) is 0. The first-order valence-corrected chi connectivity index (χ1v) is 6.25. The van der Waals surface area contributed by atoms with Crippen LogP contribution in [0, 0.1) is 5.92 Å². The van der Waals surface area contributed by atoms with Gasteiger partial charge in [-0.25, -0.2) is 4.79 Å². The number of hydrogen-bond donors (Lipinski definition) is 1. The van der Waals surface area contributed by atoms with Gasteiger partial charge in [-0.05, 0) is 39.2 Å². The molecule has 104 valence electrons. The topological polar surface area (TPSA) is 55.6 Å². The van der Waals surface area contributed by atoms with E-state index in [2.05, 4.69) is 6.58 Å². The summed E-state index contributed by atoms with van der Waals surface area (Å²) in [6.45, 7) is 10.3. The zero-order chi connectivity index (χ0) is 12.8. The Kier molecular flexibility index (Phi) is 4.34. The molecule has 0 aromatic carbocycles. The Morgan fingerprint density at radius 3 is 2.56 bits per heavy atom. The molecule has 2 aliphatic heterocycles. The van der Waals surface area contributed by atoms with Crippen molar-refractivity contribution in [2.45, 2.75) is 51.3 Å². The predicted octanol–water partition coefficient (Wildman–Crippen LogP) is 2.32. The van der Waals surface area contributed by atoms with E-state index in [9.17, 15) is 4.79 Å². The largest absolute Gasteiger partial charge is 0.444 e. The first-order valence-electron chi connectivity index (χ1n) is 6.25. The van der Waals surface area contributed by atoms with Gasteiger partial charge in [0.1, 0.15) is 5.60 Å². The fraction of sp³-hybridized carbons (Fsp3) is 0.769. The minimum atomic E-state index is -0.446. The van der Waals surface area contributed by atoms with Gasteiger partial charge in [0, 0.05) is 18.5 Å². The minimum Gasteiger partial charge on any atom is -0.444 e. The molecular weight excluding hydrogens is 252 g/mol. The second-order valence-electron chi connectivity index (χ2n) is 5.97. The Bertz CT molecular complexity index is 351. The number of nitrogens with two attached hydrogens (primary N) is 1. The molecule has 2 rings (SSSR count). The Labute approximate surface area is 115 Å². The molecule has 0 aromatic rings. The van der Waals surface area contributed by atoms with E-state index in [0.717, 1.165) is 18.4 Å². The van der Waals surface area contributed by atoms with Crippen LogP contribution in [-0.4, -0.2) is 35.2 Å². The summed E-state index contributed by atoms with van der Waals surface area (Å²) in [5.74, 6) is 0.251. The van der Waals surface area contributed by atoms with E-state index in [1.807, 2.05) is 25.7 Å². The maximum atomic E-state index is 12.2. The van der Waals surface area contributed by atoms with Gasteiger partial charge in [-0.1, -0.05) is 6.58 Å². The lowest BCUT2D eigenvalue weighted by Gasteiger charge is -2.27.